The van der Waals surface area contributed by atoms with Crippen LogP contribution in [0.25, 0.3) is 0 Å². The smallest absolute Gasteiger partial charge is 0.329 e. The number of amides is 1. The number of ether oxygens (including phenoxy) is 2. The van der Waals surface area contributed by atoms with Crippen LogP contribution in [0, 0.1) is 30.3 Å². The molecule has 0 saturated heterocycles. The van der Waals surface area contributed by atoms with Crippen LogP contribution < -0.4 is 14.8 Å². The molecule has 0 saturated carbocycles. The number of aliphatic carboxylic acids is 1. The van der Waals surface area contributed by atoms with Crippen molar-refractivity contribution in [3.05, 3.63) is 160 Å². The van der Waals surface area contributed by atoms with Gasteiger partial charge in [-0.1, -0.05) is 78.9 Å². The Morgan fingerprint density at radius 2 is 0.982 bits per heavy atom. The van der Waals surface area contributed by atoms with E-state index in [-0.39, 0.29) is 36.3 Å². The zero-order valence-electron chi connectivity index (χ0n) is 30.0. The fourth-order valence-electron chi connectivity index (χ4n) is 5.54. The van der Waals surface area contributed by atoms with Gasteiger partial charge < -0.3 is 34.4 Å². The van der Waals surface area contributed by atoms with Crippen molar-refractivity contribution in [3.63, 3.8) is 0 Å². The summed E-state index contributed by atoms with van der Waals surface area (Å²) in [6.45, 7) is -0.102. The van der Waals surface area contributed by atoms with E-state index >= 15 is 0 Å². The number of nitrogens with one attached hydrogen (secondary N) is 1. The predicted octanol–water partition coefficient (Wildman–Crippen LogP) is 3.85. The first kappa shape index (κ1) is 42.1. The molecule has 1 amide bonds. The summed E-state index contributed by atoms with van der Waals surface area (Å²) in [7, 11) is 0. The number of carbonyl (C=O) groups is 4. The second kappa shape index (κ2) is 19.6. The Morgan fingerprint density at radius 1 is 0.596 bits per heavy atom. The number of carboxylic acids is 1. The summed E-state index contributed by atoms with van der Waals surface area (Å²) >= 11 is 0. The van der Waals surface area contributed by atoms with E-state index in [2.05, 4.69) is 19.8 Å². The molecular formula is C37H34N4O16. The minimum atomic E-state index is -1.96. The van der Waals surface area contributed by atoms with E-state index in [9.17, 15) is 54.6 Å². The summed E-state index contributed by atoms with van der Waals surface area (Å²) in [5, 5.41) is 42.0. The first-order valence-electron chi connectivity index (χ1n) is 16.7. The summed E-state index contributed by atoms with van der Waals surface area (Å²) in [6.07, 6.45) is -1.55. The van der Waals surface area contributed by atoms with Gasteiger partial charge >= 0.3 is 17.9 Å². The molecule has 0 aliphatic heterocycles. The van der Waals surface area contributed by atoms with Gasteiger partial charge in [0.05, 0.1) is 19.3 Å². The maximum atomic E-state index is 13.3. The molecule has 298 valence electrons. The Bertz CT molecular complexity index is 2160. The maximum absolute atomic E-state index is 13.3. The van der Waals surface area contributed by atoms with Gasteiger partial charge in [0, 0.05) is 6.42 Å². The minimum absolute atomic E-state index is 0.199. The van der Waals surface area contributed by atoms with Crippen molar-refractivity contribution in [1.82, 2.24) is 5.32 Å². The molecule has 1 atom stereocenters. The molecule has 20 nitrogen and oxygen atoms in total. The highest BCUT2D eigenvalue weighted by Crippen LogP contribution is 2.31. The third-order valence-electron chi connectivity index (χ3n) is 8.25. The van der Waals surface area contributed by atoms with E-state index in [4.69, 9.17) is 9.47 Å². The Hall–Kier alpha value is -7.64. The fourth-order valence-corrected chi connectivity index (χ4v) is 5.54. The van der Waals surface area contributed by atoms with Crippen molar-refractivity contribution < 1.29 is 63.5 Å². The molecule has 4 rings (SSSR count). The number of carboxylic acid groups (broad SMARTS) is 1. The van der Waals surface area contributed by atoms with E-state index in [0.29, 0.717) is 33.4 Å². The second-order valence-electron chi connectivity index (χ2n) is 12.4. The SMILES string of the molecule is CC(Cc1ccc(OC(=O)Cc2ccccc2CO[N+](=O)[O-])c(OC(=O)Cc2ccccc2CO[N+](=O)[O-])c1)(NC(=O)Cc1ccccc1CO[N+](=O)[O-])C(=O)O. The summed E-state index contributed by atoms with van der Waals surface area (Å²) in [5.74, 6) is -4.56. The number of esters is 2. The van der Waals surface area contributed by atoms with Crippen LogP contribution in [0.5, 0.6) is 11.5 Å². The van der Waals surface area contributed by atoms with Gasteiger partial charge in [0.1, 0.15) is 25.4 Å². The summed E-state index contributed by atoms with van der Waals surface area (Å²) in [4.78, 5) is 97.8. The van der Waals surface area contributed by atoms with Gasteiger partial charge in [-0.3, -0.25) is 14.4 Å². The molecule has 20 heteroatoms. The van der Waals surface area contributed by atoms with Gasteiger partial charge in [-0.25, -0.2) is 4.79 Å². The summed E-state index contributed by atoms with van der Waals surface area (Å²) < 4.78 is 11.2. The molecular weight excluding hydrogens is 756 g/mol. The van der Waals surface area contributed by atoms with Crippen LogP contribution in [-0.4, -0.2) is 49.7 Å². The molecule has 0 aromatic heterocycles. The number of carbonyl (C=O) groups excluding carboxylic acids is 3. The van der Waals surface area contributed by atoms with E-state index in [1.165, 1.54) is 61.5 Å². The molecule has 0 spiro atoms. The zero-order valence-corrected chi connectivity index (χ0v) is 30.0. The van der Waals surface area contributed by atoms with Crippen LogP contribution in [0.15, 0.2) is 91.0 Å². The molecule has 0 heterocycles. The van der Waals surface area contributed by atoms with E-state index in [1.54, 1.807) is 36.4 Å². The molecule has 0 fully saturated rings. The lowest BCUT2D eigenvalue weighted by atomic mass is 9.92. The fraction of sp³-hybridized carbons (Fsp3) is 0.243. The second-order valence-corrected chi connectivity index (χ2v) is 12.4. The number of hydrogen-bond donors (Lipinski definition) is 2. The van der Waals surface area contributed by atoms with Gasteiger partial charge in [-0.05, 0) is 58.0 Å². The van der Waals surface area contributed by atoms with Crippen LogP contribution in [0.4, 0.5) is 0 Å². The molecule has 2 N–H and O–H groups in total. The third-order valence-corrected chi connectivity index (χ3v) is 8.25. The van der Waals surface area contributed by atoms with Crippen molar-refractivity contribution in [1.29, 1.82) is 0 Å². The first-order valence-corrected chi connectivity index (χ1v) is 16.7. The maximum Gasteiger partial charge on any atom is 0.329 e. The molecule has 0 aliphatic rings. The van der Waals surface area contributed by atoms with Gasteiger partial charge in [-0.2, -0.15) is 0 Å². The highest BCUT2D eigenvalue weighted by Gasteiger charge is 2.35. The Labute approximate surface area is 322 Å². The van der Waals surface area contributed by atoms with Gasteiger partial charge in [0.15, 0.2) is 11.5 Å². The van der Waals surface area contributed by atoms with Gasteiger partial charge in [0.25, 0.3) is 15.3 Å². The standard InChI is InChI=1S/C37H34N4O16/c1-37(36(45)46,38-33(42)17-25-8-2-5-11-28(25)21-53-39(47)48)20-24-14-15-31(56-34(43)18-26-9-3-6-12-29(26)22-54-40(49)50)32(16-24)57-35(44)19-27-10-4-7-13-30(27)23-55-41(51)52/h2-16H,17-23H2,1H3,(H,38,42)(H,45,46). The zero-order chi connectivity index (χ0) is 41.5. The quantitative estimate of drug-likeness (QED) is 0.0525. The third kappa shape index (κ3) is 13.0. The first-order chi connectivity index (χ1) is 27.1. The van der Waals surface area contributed by atoms with Crippen LogP contribution in [-0.2, 0) is 79.2 Å². The van der Waals surface area contributed by atoms with Crippen molar-refractivity contribution in [2.24, 2.45) is 0 Å². The molecule has 57 heavy (non-hydrogen) atoms. The van der Waals surface area contributed by atoms with Crippen molar-refractivity contribution in [3.8, 4) is 11.5 Å². The number of nitrogens with zero attached hydrogens (tertiary/aromatic N) is 3. The van der Waals surface area contributed by atoms with Crippen LogP contribution in [0.2, 0.25) is 0 Å². The van der Waals surface area contributed by atoms with Crippen LogP contribution >= 0.6 is 0 Å². The van der Waals surface area contributed by atoms with Crippen molar-refractivity contribution in [2.45, 2.75) is 58.0 Å². The Balaban J connectivity index is 1.60. The normalized spacial score (nSPS) is 11.6. The minimum Gasteiger partial charge on any atom is -0.480 e. The van der Waals surface area contributed by atoms with Gasteiger partial charge in [0.2, 0.25) is 5.91 Å². The Kier molecular flexibility index (Phi) is 14.5. The molecule has 4 aromatic carbocycles. The molecule has 4 aromatic rings. The number of rotatable bonds is 21. The van der Waals surface area contributed by atoms with Crippen molar-refractivity contribution in [2.75, 3.05) is 0 Å². The van der Waals surface area contributed by atoms with E-state index < -0.39 is 70.9 Å². The average molecular weight is 791 g/mol. The lowest BCUT2D eigenvalue weighted by Gasteiger charge is -2.27. The molecule has 0 aliphatic carbocycles. The number of hydrogen-bond acceptors (Lipinski definition) is 15. The number of benzene rings is 4. The summed E-state index contributed by atoms with van der Waals surface area (Å²) in [5.41, 5.74) is 0.222. The molecule has 0 bridgehead atoms. The van der Waals surface area contributed by atoms with E-state index in [0.717, 1.165) is 0 Å². The van der Waals surface area contributed by atoms with E-state index in [1.807, 2.05) is 0 Å². The Morgan fingerprint density at radius 3 is 1.39 bits per heavy atom. The molecule has 1 unspecified atom stereocenters. The highest BCUT2D eigenvalue weighted by molar-refractivity contribution is 5.88. The lowest BCUT2D eigenvalue weighted by molar-refractivity contribution is -0.763. The lowest BCUT2D eigenvalue weighted by Crippen LogP contribution is -2.54. The largest absolute Gasteiger partial charge is 0.480 e. The average Bonchev–Trinajstić information content (AvgIpc) is 3.14. The van der Waals surface area contributed by atoms with Crippen LogP contribution in [0.1, 0.15) is 45.9 Å². The molecule has 0 radical (unpaired) electrons. The highest BCUT2D eigenvalue weighted by atomic mass is 17.0. The topological polar surface area (TPSA) is 276 Å². The van der Waals surface area contributed by atoms with Gasteiger partial charge in [-0.15, -0.1) is 30.3 Å². The predicted molar refractivity (Wildman–Crippen MR) is 191 cm³/mol. The van der Waals surface area contributed by atoms with Crippen LogP contribution in [0.3, 0.4) is 0 Å². The summed E-state index contributed by atoms with van der Waals surface area (Å²) in [6, 6.07) is 22.5. The van der Waals surface area contributed by atoms with Crippen molar-refractivity contribution >= 4 is 23.8 Å². The monoisotopic (exact) mass is 790 g/mol.